The van der Waals surface area contributed by atoms with Crippen LogP contribution in [0, 0.1) is 13.8 Å². The molecule has 0 saturated heterocycles. The van der Waals surface area contributed by atoms with Crippen LogP contribution in [0.4, 0.5) is 0 Å². The number of amides is 1. The summed E-state index contributed by atoms with van der Waals surface area (Å²) in [5, 5.41) is 4.11. The average molecular weight is 398 g/mol. The number of ether oxygens (including phenoxy) is 1. The van der Waals surface area contributed by atoms with Crippen molar-refractivity contribution in [2.45, 2.75) is 19.9 Å². The second-order valence-corrected chi connectivity index (χ2v) is 8.22. The molecule has 0 aliphatic heterocycles. The number of aryl methyl sites for hydroxylation is 1. The zero-order chi connectivity index (χ0) is 20.3. The average Bonchev–Trinajstić information content (AvgIpc) is 3.31. The van der Waals surface area contributed by atoms with Crippen molar-refractivity contribution in [2.24, 2.45) is 0 Å². The van der Waals surface area contributed by atoms with Gasteiger partial charge in [0.1, 0.15) is 10.8 Å². The molecule has 1 amide bonds. The van der Waals surface area contributed by atoms with Crippen molar-refractivity contribution in [1.29, 1.82) is 0 Å². The first-order valence-electron chi connectivity index (χ1n) is 9.24. The number of nitrogens with zero attached hydrogens (tertiary/aromatic N) is 2. The molecule has 28 heavy (non-hydrogen) atoms. The summed E-state index contributed by atoms with van der Waals surface area (Å²) >= 11 is 1.65. The van der Waals surface area contributed by atoms with Crippen LogP contribution in [0.2, 0.25) is 0 Å². The van der Waals surface area contributed by atoms with Crippen LogP contribution in [0.3, 0.4) is 0 Å². The Kier molecular flexibility index (Phi) is 6.21. The van der Waals surface area contributed by atoms with Crippen molar-refractivity contribution in [3.8, 4) is 10.8 Å². The Bertz CT molecular complexity index is 928. The van der Waals surface area contributed by atoms with Gasteiger partial charge in [-0.25, -0.2) is 0 Å². The fourth-order valence-corrected chi connectivity index (χ4v) is 4.35. The minimum Gasteiger partial charge on any atom is -0.497 e. The minimum atomic E-state index is -0.0362. The normalized spacial score (nSPS) is 12.2. The van der Waals surface area contributed by atoms with E-state index >= 15 is 0 Å². The van der Waals surface area contributed by atoms with Gasteiger partial charge in [0.15, 0.2) is 0 Å². The number of likely N-dealkylation sites (N-methyl/N-ethyl adjacent to an activating group) is 1. The van der Waals surface area contributed by atoms with Crippen LogP contribution in [0.25, 0.3) is 5.00 Å². The summed E-state index contributed by atoms with van der Waals surface area (Å²) in [6.07, 6.45) is 3.95. The molecule has 1 unspecified atom stereocenters. The van der Waals surface area contributed by atoms with Gasteiger partial charge in [0.2, 0.25) is 0 Å². The summed E-state index contributed by atoms with van der Waals surface area (Å²) in [5.74, 6) is 0.789. The van der Waals surface area contributed by atoms with Gasteiger partial charge in [0.05, 0.1) is 18.7 Å². The van der Waals surface area contributed by atoms with E-state index in [1.807, 2.05) is 74.4 Å². The molecule has 1 aromatic carbocycles. The number of carbonyl (C=O) groups is 1. The second-order valence-electron chi connectivity index (χ2n) is 7.02. The minimum absolute atomic E-state index is 0.0362. The number of methoxy groups -OCH3 is 1. The van der Waals surface area contributed by atoms with E-state index in [4.69, 9.17) is 4.74 Å². The van der Waals surface area contributed by atoms with E-state index in [9.17, 15) is 4.79 Å². The highest BCUT2D eigenvalue weighted by Crippen LogP contribution is 2.31. The maximum Gasteiger partial charge on any atom is 0.254 e. The van der Waals surface area contributed by atoms with Gasteiger partial charge in [-0.2, -0.15) is 0 Å². The molecule has 0 aliphatic carbocycles. The standard InChI is InChI=1S/C22H27N3O2S/c1-15-16(2)28-22(25-12-6-7-13-25)20(15)21(26)23-14-19(24(3)4)17-8-10-18(27-5)11-9-17/h6-13,19H,14H2,1-5H3,(H,23,26). The number of aromatic nitrogens is 1. The fourth-order valence-electron chi connectivity index (χ4n) is 3.23. The molecule has 1 N–H and O–H groups in total. The molecule has 0 spiro atoms. The summed E-state index contributed by atoms with van der Waals surface area (Å²) in [5.41, 5.74) is 2.93. The van der Waals surface area contributed by atoms with E-state index in [-0.39, 0.29) is 11.9 Å². The lowest BCUT2D eigenvalue weighted by Crippen LogP contribution is -2.35. The first kappa shape index (κ1) is 20.2. The van der Waals surface area contributed by atoms with Gasteiger partial charge in [-0.15, -0.1) is 11.3 Å². The highest BCUT2D eigenvalue weighted by atomic mass is 32.1. The van der Waals surface area contributed by atoms with Crippen molar-refractivity contribution in [3.63, 3.8) is 0 Å². The molecule has 6 heteroatoms. The summed E-state index contributed by atoms with van der Waals surface area (Å²) in [7, 11) is 5.70. The van der Waals surface area contributed by atoms with Crippen LogP contribution in [0.1, 0.15) is 32.4 Å². The summed E-state index contributed by atoms with van der Waals surface area (Å²) < 4.78 is 7.25. The third kappa shape index (κ3) is 4.13. The van der Waals surface area contributed by atoms with Crippen LogP contribution >= 0.6 is 11.3 Å². The molecule has 3 rings (SSSR count). The molecule has 2 aromatic heterocycles. The Morgan fingerprint density at radius 2 is 1.82 bits per heavy atom. The molecular weight excluding hydrogens is 370 g/mol. The summed E-state index contributed by atoms with van der Waals surface area (Å²) in [4.78, 5) is 16.4. The molecule has 0 radical (unpaired) electrons. The number of hydrogen-bond acceptors (Lipinski definition) is 4. The third-order valence-corrected chi connectivity index (χ3v) is 6.23. The number of thiophene rings is 1. The van der Waals surface area contributed by atoms with E-state index in [2.05, 4.69) is 17.1 Å². The van der Waals surface area contributed by atoms with E-state index in [1.165, 1.54) is 0 Å². The van der Waals surface area contributed by atoms with Crippen LogP contribution in [-0.4, -0.2) is 43.1 Å². The van der Waals surface area contributed by atoms with Gasteiger partial charge in [-0.05, 0) is 63.3 Å². The molecule has 0 fully saturated rings. The molecule has 0 bridgehead atoms. The predicted octanol–water partition coefficient (Wildman–Crippen LogP) is 4.20. The molecule has 0 saturated carbocycles. The first-order valence-corrected chi connectivity index (χ1v) is 10.1. The lowest BCUT2D eigenvalue weighted by Gasteiger charge is -2.25. The van der Waals surface area contributed by atoms with Crippen molar-refractivity contribution in [1.82, 2.24) is 14.8 Å². The van der Waals surface area contributed by atoms with E-state index in [0.717, 1.165) is 32.3 Å². The van der Waals surface area contributed by atoms with Crippen LogP contribution in [-0.2, 0) is 0 Å². The maximum atomic E-state index is 13.1. The number of hydrogen-bond donors (Lipinski definition) is 1. The highest BCUT2D eigenvalue weighted by molar-refractivity contribution is 7.15. The van der Waals surface area contributed by atoms with E-state index in [1.54, 1.807) is 18.4 Å². The zero-order valence-electron chi connectivity index (χ0n) is 17.0. The molecule has 1 atom stereocenters. The molecular formula is C22H27N3O2S. The van der Waals surface area contributed by atoms with Gasteiger partial charge in [0.25, 0.3) is 5.91 Å². The van der Waals surface area contributed by atoms with Crippen molar-refractivity contribution in [2.75, 3.05) is 27.7 Å². The lowest BCUT2D eigenvalue weighted by molar-refractivity contribution is 0.0941. The van der Waals surface area contributed by atoms with Gasteiger partial charge in [-0.1, -0.05) is 12.1 Å². The van der Waals surface area contributed by atoms with Crippen LogP contribution < -0.4 is 10.1 Å². The smallest absolute Gasteiger partial charge is 0.254 e. The van der Waals surface area contributed by atoms with Gasteiger partial charge < -0.3 is 19.5 Å². The Balaban J connectivity index is 1.80. The number of benzene rings is 1. The molecule has 148 valence electrons. The Hall–Kier alpha value is -2.57. The first-order chi connectivity index (χ1) is 13.4. The van der Waals surface area contributed by atoms with Crippen LogP contribution in [0.5, 0.6) is 5.75 Å². The third-order valence-electron chi connectivity index (χ3n) is 5.01. The van der Waals surface area contributed by atoms with E-state index < -0.39 is 0 Å². The largest absolute Gasteiger partial charge is 0.497 e. The SMILES string of the molecule is COc1ccc(C(CNC(=O)c2c(-n3cccc3)sc(C)c2C)N(C)C)cc1. The van der Waals surface area contributed by atoms with Gasteiger partial charge in [0, 0.05) is 23.8 Å². The summed E-state index contributed by atoms with van der Waals surface area (Å²) in [6.45, 7) is 4.60. The zero-order valence-corrected chi connectivity index (χ0v) is 17.8. The summed E-state index contributed by atoms with van der Waals surface area (Å²) in [6, 6.07) is 12.0. The predicted molar refractivity (Wildman–Crippen MR) is 115 cm³/mol. The Labute approximate surface area is 170 Å². The van der Waals surface area contributed by atoms with Crippen molar-refractivity contribution < 1.29 is 9.53 Å². The topological polar surface area (TPSA) is 46.5 Å². The van der Waals surface area contributed by atoms with Gasteiger partial charge in [-0.3, -0.25) is 4.79 Å². The lowest BCUT2D eigenvalue weighted by atomic mass is 10.1. The molecule has 5 nitrogen and oxygen atoms in total. The molecule has 3 aromatic rings. The fraction of sp³-hybridized carbons (Fsp3) is 0.318. The van der Waals surface area contributed by atoms with Crippen molar-refractivity contribution >= 4 is 17.2 Å². The number of carbonyl (C=O) groups excluding carboxylic acids is 1. The van der Waals surface area contributed by atoms with Crippen LogP contribution in [0.15, 0.2) is 48.8 Å². The quantitative estimate of drug-likeness (QED) is 0.650. The van der Waals surface area contributed by atoms with E-state index in [0.29, 0.717) is 6.54 Å². The highest BCUT2D eigenvalue weighted by Gasteiger charge is 2.22. The Morgan fingerprint density at radius 1 is 1.18 bits per heavy atom. The maximum absolute atomic E-state index is 13.1. The molecule has 2 heterocycles. The monoisotopic (exact) mass is 397 g/mol. The molecule has 0 aliphatic rings. The van der Waals surface area contributed by atoms with Crippen molar-refractivity contribution in [3.05, 3.63) is 70.4 Å². The Morgan fingerprint density at radius 3 is 2.39 bits per heavy atom. The second kappa shape index (κ2) is 8.63. The van der Waals surface area contributed by atoms with Gasteiger partial charge >= 0.3 is 0 Å². The number of nitrogens with one attached hydrogen (secondary N) is 1. The number of rotatable bonds is 7.